The topological polar surface area (TPSA) is 17.1 Å². The van der Waals surface area contributed by atoms with Gasteiger partial charge in [-0.05, 0) is 22.4 Å². The van der Waals surface area contributed by atoms with Gasteiger partial charge in [0.2, 0.25) is 0 Å². The van der Waals surface area contributed by atoms with E-state index < -0.39 is 11.7 Å². The standard InChI is InChI=1S/C13H9F3O/c14-13(15,16)12-6-5-9(7-8-17)10-3-1-2-4-11(10)12/h1-6,8H,7H2. The van der Waals surface area contributed by atoms with E-state index in [-0.39, 0.29) is 11.8 Å². The van der Waals surface area contributed by atoms with Crippen molar-refractivity contribution in [2.45, 2.75) is 12.6 Å². The highest BCUT2D eigenvalue weighted by Gasteiger charge is 2.32. The van der Waals surface area contributed by atoms with Gasteiger partial charge in [0.1, 0.15) is 6.29 Å². The van der Waals surface area contributed by atoms with Gasteiger partial charge in [0.15, 0.2) is 0 Å². The molecule has 0 aliphatic heterocycles. The Balaban J connectivity index is 2.75. The number of alkyl halides is 3. The molecule has 0 N–H and O–H groups in total. The second-order valence-corrected chi connectivity index (χ2v) is 3.69. The maximum Gasteiger partial charge on any atom is 0.417 e. The largest absolute Gasteiger partial charge is 0.417 e. The van der Waals surface area contributed by atoms with E-state index >= 15 is 0 Å². The summed E-state index contributed by atoms with van der Waals surface area (Å²) in [5.74, 6) is 0. The molecule has 2 rings (SSSR count). The number of halogens is 3. The van der Waals surface area contributed by atoms with E-state index in [1.807, 2.05) is 0 Å². The van der Waals surface area contributed by atoms with Crippen LogP contribution in [0.5, 0.6) is 0 Å². The number of aldehydes is 1. The van der Waals surface area contributed by atoms with Crippen LogP contribution in [0.25, 0.3) is 10.8 Å². The van der Waals surface area contributed by atoms with Crippen LogP contribution in [0.15, 0.2) is 36.4 Å². The molecule has 17 heavy (non-hydrogen) atoms. The Bertz CT molecular complexity index is 558. The summed E-state index contributed by atoms with van der Waals surface area (Å²) >= 11 is 0. The fraction of sp³-hybridized carbons (Fsp3) is 0.154. The lowest BCUT2D eigenvalue weighted by Gasteiger charge is -2.12. The van der Waals surface area contributed by atoms with E-state index in [0.717, 1.165) is 6.07 Å². The van der Waals surface area contributed by atoms with Gasteiger partial charge in [-0.15, -0.1) is 0 Å². The highest BCUT2D eigenvalue weighted by atomic mass is 19.4. The molecule has 0 heterocycles. The predicted octanol–water partition coefficient (Wildman–Crippen LogP) is 3.60. The third kappa shape index (κ3) is 2.16. The van der Waals surface area contributed by atoms with Crippen LogP contribution in [0.1, 0.15) is 11.1 Å². The van der Waals surface area contributed by atoms with Crippen molar-refractivity contribution < 1.29 is 18.0 Å². The summed E-state index contributed by atoms with van der Waals surface area (Å²) in [5.41, 5.74) is -0.0497. The van der Waals surface area contributed by atoms with E-state index in [1.165, 1.54) is 12.1 Å². The fourth-order valence-corrected chi connectivity index (χ4v) is 1.88. The molecule has 88 valence electrons. The quantitative estimate of drug-likeness (QED) is 0.730. The Hall–Kier alpha value is -1.84. The number of fused-ring (bicyclic) bond motifs is 1. The van der Waals surface area contributed by atoms with Crippen LogP contribution in [0.3, 0.4) is 0 Å². The SMILES string of the molecule is O=CCc1ccc(C(F)(F)F)c2ccccc12. The molecule has 0 saturated carbocycles. The molecule has 1 nitrogen and oxygen atoms in total. The molecular formula is C13H9F3O. The molecule has 0 amide bonds. The van der Waals surface area contributed by atoms with Crippen LogP contribution < -0.4 is 0 Å². The van der Waals surface area contributed by atoms with Crippen molar-refractivity contribution in [2.24, 2.45) is 0 Å². The van der Waals surface area contributed by atoms with E-state index in [4.69, 9.17) is 0 Å². The van der Waals surface area contributed by atoms with Crippen LogP contribution in [-0.2, 0) is 17.4 Å². The first-order valence-corrected chi connectivity index (χ1v) is 5.05. The van der Waals surface area contributed by atoms with E-state index in [2.05, 4.69) is 0 Å². The predicted molar refractivity (Wildman–Crippen MR) is 58.7 cm³/mol. The highest BCUT2D eigenvalue weighted by molar-refractivity contribution is 5.90. The van der Waals surface area contributed by atoms with Gasteiger partial charge in [-0.25, -0.2) is 0 Å². The normalized spacial score (nSPS) is 11.7. The molecule has 0 spiro atoms. The van der Waals surface area contributed by atoms with E-state index in [0.29, 0.717) is 17.2 Å². The molecule has 0 aliphatic rings. The Morgan fingerprint density at radius 3 is 2.24 bits per heavy atom. The van der Waals surface area contributed by atoms with E-state index in [9.17, 15) is 18.0 Å². The Morgan fingerprint density at radius 2 is 1.65 bits per heavy atom. The smallest absolute Gasteiger partial charge is 0.303 e. The van der Waals surface area contributed by atoms with Crippen molar-refractivity contribution in [1.29, 1.82) is 0 Å². The summed E-state index contributed by atoms with van der Waals surface area (Å²) in [7, 11) is 0. The summed E-state index contributed by atoms with van der Waals surface area (Å²) in [6, 6.07) is 8.63. The van der Waals surface area contributed by atoms with Crippen LogP contribution >= 0.6 is 0 Å². The van der Waals surface area contributed by atoms with Gasteiger partial charge in [-0.2, -0.15) is 13.2 Å². The zero-order valence-electron chi connectivity index (χ0n) is 8.79. The van der Waals surface area contributed by atoms with Gasteiger partial charge in [0.05, 0.1) is 5.56 Å². The van der Waals surface area contributed by atoms with Crippen molar-refractivity contribution in [3.63, 3.8) is 0 Å². The molecule has 0 saturated heterocycles. The van der Waals surface area contributed by atoms with Crippen LogP contribution in [0.2, 0.25) is 0 Å². The lowest BCUT2D eigenvalue weighted by Crippen LogP contribution is -2.06. The van der Waals surface area contributed by atoms with Gasteiger partial charge in [-0.1, -0.05) is 30.3 Å². The minimum absolute atomic E-state index is 0.124. The molecule has 0 fully saturated rings. The van der Waals surface area contributed by atoms with Gasteiger partial charge in [0.25, 0.3) is 0 Å². The molecule has 0 aliphatic carbocycles. The van der Waals surface area contributed by atoms with Crippen molar-refractivity contribution in [1.82, 2.24) is 0 Å². The van der Waals surface area contributed by atoms with Gasteiger partial charge in [-0.3, -0.25) is 0 Å². The molecule has 0 bridgehead atoms. The zero-order valence-corrected chi connectivity index (χ0v) is 8.79. The molecule has 2 aromatic rings. The molecule has 0 atom stereocenters. The first kappa shape index (κ1) is 11.6. The maximum atomic E-state index is 12.8. The molecule has 4 heteroatoms. The summed E-state index contributed by atoms with van der Waals surface area (Å²) in [4.78, 5) is 10.5. The summed E-state index contributed by atoms with van der Waals surface area (Å²) in [5, 5.41) is 0.619. The number of rotatable bonds is 2. The minimum atomic E-state index is -4.38. The van der Waals surface area contributed by atoms with Crippen molar-refractivity contribution in [3.05, 3.63) is 47.5 Å². The summed E-state index contributed by atoms with van der Waals surface area (Å²) in [6.45, 7) is 0. The van der Waals surface area contributed by atoms with Crippen molar-refractivity contribution in [2.75, 3.05) is 0 Å². The monoisotopic (exact) mass is 238 g/mol. The molecular weight excluding hydrogens is 229 g/mol. The van der Waals surface area contributed by atoms with Crippen LogP contribution in [-0.4, -0.2) is 6.29 Å². The summed E-state index contributed by atoms with van der Waals surface area (Å²) < 4.78 is 38.3. The van der Waals surface area contributed by atoms with Gasteiger partial charge < -0.3 is 4.79 Å². The van der Waals surface area contributed by atoms with Crippen LogP contribution in [0.4, 0.5) is 13.2 Å². The number of benzene rings is 2. The second kappa shape index (κ2) is 4.20. The average molecular weight is 238 g/mol. The minimum Gasteiger partial charge on any atom is -0.303 e. The number of hydrogen-bond acceptors (Lipinski definition) is 1. The van der Waals surface area contributed by atoms with Crippen LogP contribution in [0, 0.1) is 0 Å². The first-order valence-electron chi connectivity index (χ1n) is 5.05. The third-order valence-electron chi connectivity index (χ3n) is 2.62. The summed E-state index contributed by atoms with van der Waals surface area (Å²) in [6.07, 6.45) is -3.56. The maximum absolute atomic E-state index is 12.8. The lowest BCUT2D eigenvalue weighted by molar-refractivity contribution is -0.136. The van der Waals surface area contributed by atoms with Gasteiger partial charge >= 0.3 is 6.18 Å². The Labute approximate surface area is 95.9 Å². The average Bonchev–Trinajstić information content (AvgIpc) is 2.28. The third-order valence-corrected chi connectivity index (χ3v) is 2.62. The highest BCUT2D eigenvalue weighted by Crippen LogP contribution is 2.35. The molecule has 2 aromatic carbocycles. The molecule has 0 unspecified atom stereocenters. The molecule has 0 aromatic heterocycles. The number of carbonyl (C=O) groups excluding carboxylic acids is 1. The molecule has 0 radical (unpaired) electrons. The van der Waals surface area contributed by atoms with Gasteiger partial charge in [0, 0.05) is 6.42 Å². The zero-order chi connectivity index (χ0) is 12.5. The Kier molecular flexibility index (Phi) is 2.88. The van der Waals surface area contributed by atoms with Crippen molar-refractivity contribution in [3.8, 4) is 0 Å². The van der Waals surface area contributed by atoms with E-state index in [1.54, 1.807) is 18.2 Å². The Morgan fingerprint density at radius 1 is 1.00 bits per heavy atom. The number of carbonyl (C=O) groups is 1. The lowest BCUT2D eigenvalue weighted by atomic mass is 9.98. The number of hydrogen-bond donors (Lipinski definition) is 0. The second-order valence-electron chi connectivity index (χ2n) is 3.69. The van der Waals surface area contributed by atoms with Crippen molar-refractivity contribution >= 4 is 17.1 Å². The fourth-order valence-electron chi connectivity index (χ4n) is 1.88. The first-order chi connectivity index (χ1) is 8.04.